The average molecular weight is 181 g/mol. The van der Waals surface area contributed by atoms with Crippen LogP contribution in [0.25, 0.3) is 0 Å². The number of rotatable bonds is 3. The number of hydrogen-bond acceptors (Lipinski definition) is 4. The molecule has 1 aliphatic heterocycles. The van der Waals surface area contributed by atoms with Gasteiger partial charge in [-0.15, -0.1) is 0 Å². The molecule has 0 amide bonds. The first kappa shape index (κ1) is 8.65. The molecule has 1 fully saturated rings. The van der Waals surface area contributed by atoms with Crippen molar-refractivity contribution in [3.8, 4) is 0 Å². The standard InChI is InChI=1S/C8H15N5/c1-3-12(4-2-9-1)5-6-13-8-10-7-11-13/h7-9H,1-6H2. The molecule has 0 spiro atoms. The number of hydrogen-bond donors (Lipinski definition) is 1. The third-order valence-electron chi connectivity index (χ3n) is 2.32. The van der Waals surface area contributed by atoms with Crippen LogP contribution in [0.1, 0.15) is 0 Å². The fourth-order valence-electron chi connectivity index (χ4n) is 1.53. The zero-order chi connectivity index (χ0) is 8.93. The molecule has 0 radical (unpaired) electrons. The van der Waals surface area contributed by atoms with E-state index in [1.807, 2.05) is 4.68 Å². The van der Waals surface area contributed by atoms with E-state index in [4.69, 9.17) is 0 Å². The highest BCUT2D eigenvalue weighted by Crippen LogP contribution is 1.92. The maximum absolute atomic E-state index is 4.06. The second-order valence-electron chi connectivity index (χ2n) is 3.25. The van der Waals surface area contributed by atoms with Crippen LogP contribution in [0.2, 0.25) is 0 Å². The summed E-state index contributed by atoms with van der Waals surface area (Å²) in [4.78, 5) is 6.35. The third-order valence-corrected chi connectivity index (χ3v) is 2.32. The predicted molar refractivity (Wildman–Crippen MR) is 49.3 cm³/mol. The van der Waals surface area contributed by atoms with Crippen molar-refractivity contribution in [1.82, 2.24) is 25.0 Å². The first-order valence-corrected chi connectivity index (χ1v) is 4.70. The number of nitrogens with zero attached hydrogens (tertiary/aromatic N) is 4. The van der Waals surface area contributed by atoms with E-state index in [1.54, 1.807) is 12.7 Å². The minimum Gasteiger partial charge on any atom is -0.314 e. The second-order valence-corrected chi connectivity index (χ2v) is 3.25. The lowest BCUT2D eigenvalue weighted by Gasteiger charge is -2.26. The van der Waals surface area contributed by atoms with Gasteiger partial charge >= 0.3 is 0 Å². The topological polar surface area (TPSA) is 46.0 Å². The summed E-state index contributed by atoms with van der Waals surface area (Å²) in [6, 6.07) is 0. The van der Waals surface area contributed by atoms with Crippen molar-refractivity contribution in [2.45, 2.75) is 6.54 Å². The van der Waals surface area contributed by atoms with Gasteiger partial charge in [0, 0.05) is 32.7 Å². The van der Waals surface area contributed by atoms with E-state index in [9.17, 15) is 0 Å². The molecule has 0 saturated carbocycles. The molecule has 0 aliphatic carbocycles. The smallest absolute Gasteiger partial charge is 0.137 e. The van der Waals surface area contributed by atoms with Crippen LogP contribution in [0.3, 0.4) is 0 Å². The van der Waals surface area contributed by atoms with Gasteiger partial charge in [-0.3, -0.25) is 9.58 Å². The lowest BCUT2D eigenvalue weighted by atomic mass is 10.3. The van der Waals surface area contributed by atoms with Crippen LogP contribution in [0.5, 0.6) is 0 Å². The Morgan fingerprint density at radius 3 is 2.77 bits per heavy atom. The quantitative estimate of drug-likeness (QED) is 0.662. The number of piperazine rings is 1. The second kappa shape index (κ2) is 4.34. The molecule has 72 valence electrons. The summed E-state index contributed by atoms with van der Waals surface area (Å²) in [7, 11) is 0. The molecule has 1 N–H and O–H groups in total. The summed E-state index contributed by atoms with van der Waals surface area (Å²) in [5.41, 5.74) is 0. The predicted octanol–water partition coefficient (Wildman–Crippen LogP) is -0.817. The normalized spacial score (nSPS) is 19.1. The lowest BCUT2D eigenvalue weighted by Crippen LogP contribution is -2.44. The Bertz CT molecular complexity index is 227. The van der Waals surface area contributed by atoms with Crippen LogP contribution >= 0.6 is 0 Å². The molecule has 0 bridgehead atoms. The zero-order valence-corrected chi connectivity index (χ0v) is 7.69. The largest absolute Gasteiger partial charge is 0.314 e. The number of nitrogens with one attached hydrogen (secondary N) is 1. The van der Waals surface area contributed by atoms with Gasteiger partial charge in [-0.05, 0) is 0 Å². The number of aromatic nitrogens is 3. The summed E-state index contributed by atoms with van der Waals surface area (Å²) in [6.07, 6.45) is 3.35. The molecule has 1 aromatic rings. The van der Waals surface area contributed by atoms with Gasteiger partial charge in [0.2, 0.25) is 0 Å². The molecule has 1 aromatic heterocycles. The molecule has 1 saturated heterocycles. The molecule has 0 aromatic carbocycles. The molecular formula is C8H15N5. The highest BCUT2D eigenvalue weighted by atomic mass is 15.3. The Hall–Kier alpha value is -0.940. The maximum Gasteiger partial charge on any atom is 0.137 e. The fourth-order valence-corrected chi connectivity index (χ4v) is 1.53. The van der Waals surface area contributed by atoms with E-state index in [-0.39, 0.29) is 0 Å². The summed E-state index contributed by atoms with van der Waals surface area (Å²) in [6.45, 7) is 6.53. The van der Waals surface area contributed by atoms with Crippen LogP contribution < -0.4 is 5.32 Å². The van der Waals surface area contributed by atoms with Crippen molar-refractivity contribution in [2.24, 2.45) is 0 Å². The van der Waals surface area contributed by atoms with E-state index < -0.39 is 0 Å². The van der Waals surface area contributed by atoms with Crippen LogP contribution in [-0.4, -0.2) is 52.4 Å². The van der Waals surface area contributed by atoms with Crippen molar-refractivity contribution in [3.05, 3.63) is 12.7 Å². The molecule has 2 heterocycles. The highest BCUT2D eigenvalue weighted by molar-refractivity contribution is 4.67. The van der Waals surface area contributed by atoms with Crippen LogP contribution in [0.15, 0.2) is 12.7 Å². The molecule has 0 atom stereocenters. The average Bonchev–Trinajstić information content (AvgIpc) is 2.69. The Kier molecular flexibility index (Phi) is 2.89. The monoisotopic (exact) mass is 181 g/mol. The molecule has 13 heavy (non-hydrogen) atoms. The van der Waals surface area contributed by atoms with Gasteiger partial charge in [0.1, 0.15) is 12.7 Å². The van der Waals surface area contributed by atoms with Crippen molar-refractivity contribution in [1.29, 1.82) is 0 Å². The van der Waals surface area contributed by atoms with Crippen molar-refractivity contribution in [2.75, 3.05) is 32.7 Å². The van der Waals surface area contributed by atoms with E-state index in [0.717, 1.165) is 39.3 Å². The van der Waals surface area contributed by atoms with Gasteiger partial charge in [0.25, 0.3) is 0 Å². The summed E-state index contributed by atoms with van der Waals surface area (Å²) < 4.78 is 1.88. The first-order chi connectivity index (χ1) is 6.45. The van der Waals surface area contributed by atoms with E-state index in [1.165, 1.54) is 0 Å². The molecular weight excluding hydrogens is 166 g/mol. The summed E-state index contributed by atoms with van der Waals surface area (Å²) in [5.74, 6) is 0. The molecule has 5 nitrogen and oxygen atoms in total. The van der Waals surface area contributed by atoms with Gasteiger partial charge < -0.3 is 5.32 Å². The van der Waals surface area contributed by atoms with Gasteiger partial charge in [-0.25, -0.2) is 4.98 Å². The minimum absolute atomic E-state index is 0.944. The molecule has 2 rings (SSSR count). The summed E-state index contributed by atoms with van der Waals surface area (Å²) >= 11 is 0. The van der Waals surface area contributed by atoms with Gasteiger partial charge in [-0.1, -0.05) is 0 Å². The van der Waals surface area contributed by atoms with Crippen molar-refractivity contribution in [3.63, 3.8) is 0 Å². The van der Waals surface area contributed by atoms with Gasteiger partial charge in [-0.2, -0.15) is 5.10 Å². The SMILES string of the molecule is c1ncn(CCN2CCNCC2)n1. The maximum atomic E-state index is 4.06. The molecule has 5 heteroatoms. The van der Waals surface area contributed by atoms with Crippen LogP contribution in [0.4, 0.5) is 0 Å². The van der Waals surface area contributed by atoms with Crippen LogP contribution in [0, 0.1) is 0 Å². The molecule has 0 unspecified atom stereocenters. The zero-order valence-electron chi connectivity index (χ0n) is 7.69. The minimum atomic E-state index is 0.944. The molecule has 1 aliphatic rings. The Labute approximate surface area is 77.8 Å². The van der Waals surface area contributed by atoms with Crippen molar-refractivity contribution >= 4 is 0 Å². The Morgan fingerprint density at radius 2 is 2.08 bits per heavy atom. The van der Waals surface area contributed by atoms with E-state index >= 15 is 0 Å². The van der Waals surface area contributed by atoms with Gasteiger partial charge in [0.15, 0.2) is 0 Å². The van der Waals surface area contributed by atoms with Gasteiger partial charge in [0.05, 0.1) is 6.54 Å². The first-order valence-electron chi connectivity index (χ1n) is 4.70. The lowest BCUT2D eigenvalue weighted by molar-refractivity contribution is 0.229. The van der Waals surface area contributed by atoms with E-state index in [0.29, 0.717) is 0 Å². The fraction of sp³-hybridized carbons (Fsp3) is 0.750. The van der Waals surface area contributed by atoms with Crippen LogP contribution in [-0.2, 0) is 6.54 Å². The highest BCUT2D eigenvalue weighted by Gasteiger charge is 2.08. The van der Waals surface area contributed by atoms with Crippen molar-refractivity contribution < 1.29 is 0 Å². The Morgan fingerprint density at radius 1 is 1.23 bits per heavy atom. The van der Waals surface area contributed by atoms with E-state index in [2.05, 4.69) is 20.3 Å². The Balaban J connectivity index is 1.72. The summed E-state index contributed by atoms with van der Waals surface area (Å²) in [5, 5.41) is 7.40. The third kappa shape index (κ3) is 2.50.